The molecular formula is C19H14ClNO3S. The third-order valence-electron chi connectivity index (χ3n) is 3.59. The van der Waals surface area contributed by atoms with E-state index in [9.17, 15) is 9.59 Å². The third-order valence-corrected chi connectivity index (χ3v) is 4.83. The Morgan fingerprint density at radius 3 is 2.56 bits per heavy atom. The van der Waals surface area contributed by atoms with Crippen LogP contribution in [-0.2, 0) is 4.74 Å². The van der Waals surface area contributed by atoms with E-state index in [-0.39, 0.29) is 16.5 Å². The summed E-state index contributed by atoms with van der Waals surface area (Å²) in [7, 11) is 1.28. The number of ether oxygens (including phenoxy) is 1. The Morgan fingerprint density at radius 1 is 1.08 bits per heavy atom. The van der Waals surface area contributed by atoms with Crippen molar-refractivity contribution in [1.29, 1.82) is 0 Å². The highest BCUT2D eigenvalue weighted by Gasteiger charge is 2.17. The number of nitrogens with one attached hydrogen (secondary N) is 1. The van der Waals surface area contributed by atoms with Crippen LogP contribution in [0.5, 0.6) is 0 Å². The van der Waals surface area contributed by atoms with Gasteiger partial charge in [0, 0.05) is 11.3 Å². The number of thiophene rings is 1. The molecule has 1 N–H and O–H groups in total. The van der Waals surface area contributed by atoms with Crippen molar-refractivity contribution in [2.24, 2.45) is 0 Å². The molecule has 0 aliphatic rings. The lowest BCUT2D eigenvalue weighted by Gasteiger charge is -2.09. The molecule has 0 unspecified atom stereocenters. The summed E-state index contributed by atoms with van der Waals surface area (Å²) < 4.78 is 4.69. The van der Waals surface area contributed by atoms with Crippen molar-refractivity contribution < 1.29 is 14.3 Å². The summed E-state index contributed by atoms with van der Waals surface area (Å²) in [5.74, 6) is -0.797. The molecule has 6 heteroatoms. The zero-order chi connectivity index (χ0) is 17.8. The number of carbonyl (C=O) groups is 2. The molecule has 0 aliphatic heterocycles. The zero-order valence-corrected chi connectivity index (χ0v) is 14.9. The third kappa shape index (κ3) is 3.73. The summed E-state index contributed by atoms with van der Waals surface area (Å²) >= 11 is 7.36. The lowest BCUT2D eigenvalue weighted by molar-refractivity contribution is 0.0600. The highest BCUT2D eigenvalue weighted by molar-refractivity contribution is 7.12. The molecule has 0 spiro atoms. The lowest BCUT2D eigenvalue weighted by atomic mass is 10.1. The normalized spacial score (nSPS) is 10.3. The first-order valence-electron chi connectivity index (χ1n) is 7.42. The lowest BCUT2D eigenvalue weighted by Crippen LogP contribution is -2.12. The molecule has 25 heavy (non-hydrogen) atoms. The van der Waals surface area contributed by atoms with E-state index in [0.717, 1.165) is 11.1 Å². The Bertz CT molecular complexity index is 921. The largest absolute Gasteiger partial charge is 0.465 e. The number of hydrogen-bond acceptors (Lipinski definition) is 4. The van der Waals surface area contributed by atoms with E-state index >= 15 is 0 Å². The van der Waals surface area contributed by atoms with Crippen molar-refractivity contribution in [3.63, 3.8) is 0 Å². The predicted octanol–water partition coefficient (Wildman–Crippen LogP) is 5.11. The van der Waals surface area contributed by atoms with Gasteiger partial charge in [-0.2, -0.15) is 0 Å². The van der Waals surface area contributed by atoms with E-state index < -0.39 is 5.97 Å². The second-order valence-electron chi connectivity index (χ2n) is 5.17. The van der Waals surface area contributed by atoms with Crippen molar-refractivity contribution in [1.82, 2.24) is 0 Å². The van der Waals surface area contributed by atoms with Gasteiger partial charge in [-0.15, -0.1) is 11.3 Å². The van der Waals surface area contributed by atoms with Gasteiger partial charge in [0.05, 0.1) is 22.6 Å². The van der Waals surface area contributed by atoms with Crippen LogP contribution in [0.2, 0.25) is 5.02 Å². The number of amides is 1. The number of anilines is 1. The predicted molar refractivity (Wildman–Crippen MR) is 100 cm³/mol. The second kappa shape index (κ2) is 7.51. The molecular weight excluding hydrogens is 358 g/mol. The smallest absolute Gasteiger partial charge is 0.339 e. The van der Waals surface area contributed by atoms with E-state index in [4.69, 9.17) is 16.3 Å². The number of rotatable bonds is 4. The van der Waals surface area contributed by atoms with Crippen LogP contribution in [0.4, 0.5) is 5.69 Å². The van der Waals surface area contributed by atoms with Crippen LogP contribution in [0.25, 0.3) is 11.1 Å². The minimum absolute atomic E-state index is 0.205. The zero-order valence-electron chi connectivity index (χ0n) is 13.3. The minimum Gasteiger partial charge on any atom is -0.465 e. The highest BCUT2D eigenvalue weighted by Crippen LogP contribution is 2.29. The van der Waals surface area contributed by atoms with Crippen molar-refractivity contribution in [3.8, 4) is 11.1 Å². The molecule has 1 amide bonds. The number of methoxy groups -OCH3 is 1. The van der Waals surface area contributed by atoms with Gasteiger partial charge in [0.25, 0.3) is 5.91 Å². The molecule has 2 aromatic carbocycles. The van der Waals surface area contributed by atoms with Crippen molar-refractivity contribution in [3.05, 3.63) is 75.4 Å². The van der Waals surface area contributed by atoms with E-state index in [1.165, 1.54) is 24.5 Å². The van der Waals surface area contributed by atoms with E-state index in [1.807, 2.05) is 41.8 Å². The second-order valence-corrected chi connectivity index (χ2v) is 6.49. The van der Waals surface area contributed by atoms with Crippen LogP contribution in [-0.4, -0.2) is 19.0 Å². The molecule has 0 saturated heterocycles. The number of hydrogen-bond donors (Lipinski definition) is 1. The number of halogens is 1. The van der Waals surface area contributed by atoms with Gasteiger partial charge in [0.1, 0.15) is 0 Å². The Hall–Kier alpha value is -2.63. The summed E-state index contributed by atoms with van der Waals surface area (Å²) in [6.07, 6.45) is 0. The molecule has 0 bridgehead atoms. The first kappa shape index (κ1) is 17.2. The molecule has 0 atom stereocenters. The fourth-order valence-corrected chi connectivity index (χ4v) is 3.39. The average Bonchev–Trinajstić information content (AvgIpc) is 3.13. The highest BCUT2D eigenvalue weighted by atomic mass is 35.5. The summed E-state index contributed by atoms with van der Waals surface area (Å²) in [6.45, 7) is 0. The van der Waals surface area contributed by atoms with Crippen LogP contribution in [0, 0.1) is 0 Å². The quantitative estimate of drug-likeness (QED) is 0.648. The molecule has 0 fully saturated rings. The molecule has 0 radical (unpaired) electrons. The first-order chi connectivity index (χ1) is 12.1. The summed E-state index contributed by atoms with van der Waals surface area (Å²) in [5.41, 5.74) is 2.52. The van der Waals surface area contributed by atoms with Gasteiger partial charge in [-0.1, -0.05) is 41.9 Å². The van der Waals surface area contributed by atoms with Crippen molar-refractivity contribution in [2.45, 2.75) is 0 Å². The van der Waals surface area contributed by atoms with Crippen LogP contribution in [0.1, 0.15) is 20.0 Å². The topological polar surface area (TPSA) is 55.4 Å². The van der Waals surface area contributed by atoms with Gasteiger partial charge >= 0.3 is 5.97 Å². The maximum atomic E-state index is 12.7. The fourth-order valence-electron chi connectivity index (χ4n) is 2.39. The van der Waals surface area contributed by atoms with Gasteiger partial charge in [0.15, 0.2) is 0 Å². The van der Waals surface area contributed by atoms with Crippen molar-refractivity contribution >= 4 is 40.5 Å². The Kier molecular flexibility index (Phi) is 5.16. The molecule has 0 aliphatic carbocycles. The Morgan fingerprint density at radius 2 is 1.84 bits per heavy atom. The maximum Gasteiger partial charge on any atom is 0.339 e. The van der Waals surface area contributed by atoms with Crippen LogP contribution in [0.3, 0.4) is 0 Å². The van der Waals surface area contributed by atoms with Gasteiger partial charge in [-0.05, 0) is 35.2 Å². The Labute approximate surface area is 154 Å². The van der Waals surface area contributed by atoms with E-state index in [2.05, 4.69) is 5.32 Å². The summed E-state index contributed by atoms with van der Waals surface area (Å²) in [4.78, 5) is 25.0. The van der Waals surface area contributed by atoms with Crippen molar-refractivity contribution in [2.75, 3.05) is 12.4 Å². The SMILES string of the molecule is COC(=O)c1cc(NC(=O)c2sccc2-c2ccccc2)ccc1Cl. The summed E-state index contributed by atoms with van der Waals surface area (Å²) in [6, 6.07) is 16.3. The molecule has 4 nitrogen and oxygen atoms in total. The molecule has 126 valence electrons. The van der Waals surface area contributed by atoms with Gasteiger partial charge in [-0.25, -0.2) is 4.79 Å². The molecule has 3 rings (SSSR count). The van der Waals surface area contributed by atoms with Gasteiger partial charge in [-0.3, -0.25) is 4.79 Å². The van der Waals surface area contributed by atoms with E-state index in [1.54, 1.807) is 12.1 Å². The van der Waals surface area contributed by atoms with Crippen LogP contribution in [0.15, 0.2) is 60.0 Å². The first-order valence-corrected chi connectivity index (χ1v) is 8.68. The fraction of sp³-hybridized carbons (Fsp3) is 0.0526. The monoisotopic (exact) mass is 371 g/mol. The Balaban J connectivity index is 1.87. The minimum atomic E-state index is -0.554. The molecule has 1 heterocycles. The number of carbonyl (C=O) groups excluding carboxylic acids is 2. The maximum absolute atomic E-state index is 12.7. The van der Waals surface area contributed by atoms with Crippen LogP contribution < -0.4 is 5.32 Å². The standard InChI is InChI=1S/C19H14ClNO3S/c1-24-19(23)15-11-13(7-8-16(15)20)21-18(22)17-14(9-10-25-17)12-5-3-2-4-6-12/h2-11H,1H3,(H,21,22). The molecule has 1 aromatic heterocycles. The number of esters is 1. The average molecular weight is 372 g/mol. The molecule has 3 aromatic rings. The van der Waals surface area contributed by atoms with Gasteiger partial charge < -0.3 is 10.1 Å². The number of benzene rings is 2. The van der Waals surface area contributed by atoms with E-state index in [0.29, 0.717) is 10.6 Å². The summed E-state index contributed by atoms with van der Waals surface area (Å²) in [5, 5.41) is 4.95. The van der Waals surface area contributed by atoms with Crippen LogP contribution >= 0.6 is 22.9 Å². The molecule has 0 saturated carbocycles. The van der Waals surface area contributed by atoms with Gasteiger partial charge in [0.2, 0.25) is 0 Å².